The third kappa shape index (κ3) is 4.63. The number of hydrogen-bond donors (Lipinski definition) is 2. The number of nitrogens with zero attached hydrogens (tertiary/aromatic N) is 1. The minimum absolute atomic E-state index is 0.00850. The first kappa shape index (κ1) is 31.3. The van der Waals surface area contributed by atoms with Gasteiger partial charge in [0, 0.05) is 35.9 Å². The van der Waals surface area contributed by atoms with E-state index in [1.807, 2.05) is 42.5 Å². The Hall–Kier alpha value is -5.31. The zero-order chi connectivity index (χ0) is 33.7. The van der Waals surface area contributed by atoms with Crippen molar-refractivity contribution in [2.75, 3.05) is 13.7 Å². The van der Waals surface area contributed by atoms with Gasteiger partial charge in [-0.25, -0.2) is 0 Å². The second kappa shape index (κ2) is 12.0. The van der Waals surface area contributed by atoms with E-state index in [2.05, 4.69) is 0 Å². The molecule has 3 aromatic rings. The topological polar surface area (TPSA) is 138 Å². The Morgan fingerprint density at radius 3 is 2.31 bits per heavy atom. The van der Waals surface area contributed by atoms with E-state index in [9.17, 15) is 24.3 Å². The fourth-order valence-electron chi connectivity index (χ4n) is 8.86. The fourth-order valence-corrected chi connectivity index (χ4v) is 8.86. The molecule has 2 fully saturated rings. The zero-order valence-corrected chi connectivity index (χ0v) is 26.4. The smallest absolute Gasteiger partial charge is 0.303 e. The number of fused-ring (bicyclic) bond motifs is 4. The number of rotatable bonds is 8. The van der Waals surface area contributed by atoms with Crippen LogP contribution in [0.5, 0.6) is 11.5 Å². The molecule has 2 N–H and O–H groups in total. The first-order chi connectivity index (χ1) is 23.2. The van der Waals surface area contributed by atoms with Crippen molar-refractivity contribution in [1.29, 1.82) is 0 Å². The Morgan fingerprint density at radius 1 is 0.917 bits per heavy atom. The van der Waals surface area contributed by atoms with Crippen molar-refractivity contribution in [1.82, 2.24) is 4.90 Å². The van der Waals surface area contributed by atoms with Crippen LogP contribution in [0.2, 0.25) is 0 Å². The molecule has 48 heavy (non-hydrogen) atoms. The number of Topliss-reactive ketones (excluding diaryl/α,β-unsaturated/α-hetero) is 1. The summed E-state index contributed by atoms with van der Waals surface area (Å²) in [5.41, 5.74) is 1.05. The van der Waals surface area contributed by atoms with Crippen LogP contribution in [-0.4, -0.2) is 58.1 Å². The molecule has 1 saturated heterocycles. The molecule has 1 aliphatic heterocycles. The molecule has 4 aliphatic rings. The van der Waals surface area contributed by atoms with Crippen molar-refractivity contribution in [2.24, 2.45) is 23.7 Å². The van der Waals surface area contributed by atoms with Crippen molar-refractivity contribution in [3.05, 3.63) is 113 Å². The molecule has 0 aromatic heterocycles. The average molecular weight is 646 g/mol. The molecule has 1 saturated carbocycles. The molecule has 0 radical (unpaired) electrons. The molecular formula is C39H35NO8. The molecule has 2 amide bonds. The second-order valence-electron chi connectivity index (χ2n) is 13.0. The van der Waals surface area contributed by atoms with Crippen LogP contribution in [0.4, 0.5) is 0 Å². The number of aromatic hydroxyl groups is 1. The number of aliphatic carboxylic acids is 1. The van der Waals surface area contributed by atoms with Gasteiger partial charge >= 0.3 is 5.97 Å². The molecule has 9 nitrogen and oxygen atoms in total. The Labute approximate surface area is 277 Å². The number of carbonyl (C=O) groups excluding carboxylic acids is 4. The summed E-state index contributed by atoms with van der Waals surface area (Å²) in [4.78, 5) is 70.2. The van der Waals surface area contributed by atoms with Crippen molar-refractivity contribution in [3.8, 4) is 11.5 Å². The first-order valence-corrected chi connectivity index (χ1v) is 16.2. The van der Waals surface area contributed by atoms with Crippen LogP contribution < -0.4 is 4.74 Å². The summed E-state index contributed by atoms with van der Waals surface area (Å²) in [6, 6.07) is 23.0. The van der Waals surface area contributed by atoms with Crippen LogP contribution in [-0.2, 0) is 29.4 Å². The average Bonchev–Trinajstić information content (AvgIpc) is 3.34. The van der Waals surface area contributed by atoms with Crippen molar-refractivity contribution < 1.29 is 38.9 Å². The summed E-state index contributed by atoms with van der Waals surface area (Å²) >= 11 is 0. The van der Waals surface area contributed by atoms with Gasteiger partial charge in [0.2, 0.25) is 11.8 Å². The number of phenols is 1. The van der Waals surface area contributed by atoms with E-state index in [-0.39, 0.29) is 61.0 Å². The normalized spacial score (nSPS) is 27.9. The highest BCUT2D eigenvalue weighted by molar-refractivity contribution is 6.31. The third-order valence-corrected chi connectivity index (χ3v) is 10.8. The number of imide groups is 1. The van der Waals surface area contributed by atoms with Gasteiger partial charge in [-0.3, -0.25) is 28.9 Å². The van der Waals surface area contributed by atoms with Gasteiger partial charge in [0.1, 0.15) is 11.5 Å². The molecule has 3 aromatic carbocycles. The summed E-state index contributed by atoms with van der Waals surface area (Å²) in [6.45, 7) is -0.00850. The maximum absolute atomic E-state index is 15.1. The number of phenolic OH excluding ortho intramolecular Hbond substituents is 1. The number of allylic oxidation sites excluding steroid dienone is 4. The van der Waals surface area contributed by atoms with Gasteiger partial charge in [-0.05, 0) is 54.5 Å². The van der Waals surface area contributed by atoms with Crippen LogP contribution in [0.25, 0.3) is 5.57 Å². The van der Waals surface area contributed by atoms with Crippen LogP contribution in [0, 0.1) is 23.7 Å². The van der Waals surface area contributed by atoms with E-state index in [0.29, 0.717) is 28.0 Å². The van der Waals surface area contributed by atoms with Crippen LogP contribution >= 0.6 is 0 Å². The van der Waals surface area contributed by atoms with Crippen LogP contribution in [0.1, 0.15) is 48.3 Å². The second-order valence-corrected chi connectivity index (χ2v) is 13.0. The van der Waals surface area contributed by atoms with E-state index in [1.165, 1.54) is 24.2 Å². The largest absolute Gasteiger partial charge is 0.508 e. The standard InChI is InChI=1S/C39H35NO8/c1-48-30-15-8-14-29(41)34(30)35-24-17-18-25-33(38(47)40(37(25)46)19-9-16-32(43)44)27(24)20-28-36(45)26(22-10-4-2-5-11-22)21-31(42)39(28,35)23-12-6-3-7-13-23/h2-8,10-15,17,21,25,27-28,33,35,41H,9,16,18-20H2,1H3,(H,43,44)/t25-,27+,28-,33-,35+,39-/m0/s1. The van der Waals surface area contributed by atoms with Crippen LogP contribution in [0.3, 0.4) is 0 Å². The third-order valence-electron chi connectivity index (χ3n) is 10.8. The number of ether oxygens (including phenoxy) is 1. The quantitative estimate of drug-likeness (QED) is 0.255. The number of hydrogen-bond acceptors (Lipinski definition) is 7. The van der Waals surface area contributed by atoms with Gasteiger partial charge in [0.15, 0.2) is 11.6 Å². The Kier molecular flexibility index (Phi) is 7.86. The minimum atomic E-state index is -1.50. The van der Waals surface area contributed by atoms with Gasteiger partial charge in [-0.2, -0.15) is 0 Å². The van der Waals surface area contributed by atoms with Gasteiger partial charge in [0.25, 0.3) is 0 Å². The van der Waals surface area contributed by atoms with Gasteiger partial charge in [0.05, 0.1) is 24.4 Å². The highest BCUT2D eigenvalue weighted by Crippen LogP contribution is 2.65. The molecular weight excluding hydrogens is 610 g/mol. The van der Waals surface area contributed by atoms with E-state index < -0.39 is 46.9 Å². The van der Waals surface area contributed by atoms with E-state index in [1.54, 1.807) is 36.4 Å². The zero-order valence-electron chi connectivity index (χ0n) is 26.4. The summed E-state index contributed by atoms with van der Waals surface area (Å²) in [5, 5.41) is 20.7. The number of amides is 2. The number of benzene rings is 3. The Bertz CT molecular complexity index is 1900. The molecule has 1 heterocycles. The highest BCUT2D eigenvalue weighted by Gasteiger charge is 2.66. The Balaban J connectivity index is 1.46. The van der Waals surface area contributed by atoms with Gasteiger partial charge in [-0.15, -0.1) is 0 Å². The molecule has 0 unspecified atom stereocenters. The fraction of sp³-hybridized carbons (Fsp3) is 0.308. The highest BCUT2D eigenvalue weighted by atomic mass is 16.5. The lowest BCUT2D eigenvalue weighted by Crippen LogP contribution is -2.58. The van der Waals surface area contributed by atoms with E-state index in [0.717, 1.165) is 0 Å². The molecule has 244 valence electrons. The van der Waals surface area contributed by atoms with Crippen molar-refractivity contribution in [3.63, 3.8) is 0 Å². The molecule has 6 atom stereocenters. The molecule has 0 spiro atoms. The first-order valence-electron chi connectivity index (χ1n) is 16.2. The lowest BCUT2D eigenvalue weighted by molar-refractivity contribution is -0.142. The predicted molar refractivity (Wildman–Crippen MR) is 175 cm³/mol. The number of likely N-dealkylation sites (tertiary alicyclic amines) is 1. The van der Waals surface area contributed by atoms with Crippen molar-refractivity contribution in [2.45, 2.75) is 37.0 Å². The van der Waals surface area contributed by atoms with Gasteiger partial charge in [-0.1, -0.05) is 78.4 Å². The van der Waals surface area contributed by atoms with E-state index >= 15 is 4.79 Å². The number of carbonyl (C=O) groups is 5. The van der Waals surface area contributed by atoms with Crippen molar-refractivity contribution >= 4 is 34.9 Å². The summed E-state index contributed by atoms with van der Waals surface area (Å²) in [6.07, 6.45) is 3.66. The number of carboxylic acids is 1. The maximum atomic E-state index is 15.1. The summed E-state index contributed by atoms with van der Waals surface area (Å²) in [7, 11) is 1.48. The maximum Gasteiger partial charge on any atom is 0.303 e. The lowest BCUT2D eigenvalue weighted by Gasteiger charge is -2.55. The minimum Gasteiger partial charge on any atom is -0.508 e. The van der Waals surface area contributed by atoms with E-state index in [4.69, 9.17) is 9.84 Å². The monoisotopic (exact) mass is 645 g/mol. The van der Waals surface area contributed by atoms with Gasteiger partial charge < -0.3 is 14.9 Å². The number of ketones is 2. The summed E-state index contributed by atoms with van der Waals surface area (Å²) in [5.74, 6) is -6.02. The Morgan fingerprint density at radius 2 is 1.62 bits per heavy atom. The molecule has 7 rings (SSSR count). The molecule has 9 heteroatoms. The number of carboxylic acid groups (broad SMARTS) is 1. The van der Waals surface area contributed by atoms with Crippen LogP contribution in [0.15, 0.2) is 96.6 Å². The molecule has 0 bridgehead atoms. The number of methoxy groups -OCH3 is 1. The predicted octanol–water partition coefficient (Wildman–Crippen LogP) is 5.09. The molecule has 3 aliphatic carbocycles. The lowest BCUT2D eigenvalue weighted by atomic mass is 9.44. The SMILES string of the molecule is COc1cccc(O)c1[C@H]1C2=CC[C@@H]3C(=O)N(CCCC(=O)O)C(=O)[C@@H]3[C@@H]2C[C@H]2C(=O)C(c3ccccc3)=CC(=O)[C@@]12c1ccccc1. The summed E-state index contributed by atoms with van der Waals surface area (Å²) < 4.78 is 5.80.